The van der Waals surface area contributed by atoms with Crippen molar-refractivity contribution in [2.24, 2.45) is 0 Å². The van der Waals surface area contributed by atoms with Gasteiger partial charge in [0.25, 0.3) is 11.8 Å². The monoisotopic (exact) mass is 530 g/mol. The van der Waals surface area contributed by atoms with Gasteiger partial charge >= 0.3 is 0 Å². The van der Waals surface area contributed by atoms with Crippen LogP contribution in [0.25, 0.3) is 0 Å². The van der Waals surface area contributed by atoms with E-state index in [2.05, 4.69) is 5.32 Å². The fourth-order valence-corrected chi connectivity index (χ4v) is 6.14. The topological polar surface area (TPSA) is 83.6 Å². The predicted molar refractivity (Wildman–Crippen MR) is 143 cm³/mol. The molecule has 186 valence electrons. The van der Waals surface area contributed by atoms with Gasteiger partial charge in [-0.3, -0.25) is 9.59 Å². The fourth-order valence-electron chi connectivity index (χ4n) is 4.38. The summed E-state index contributed by atoms with van der Waals surface area (Å²) >= 11 is 6.03. The van der Waals surface area contributed by atoms with Gasteiger partial charge < -0.3 is 10.2 Å². The largest absolute Gasteiger partial charge is 0.346 e. The molecule has 6 nitrogen and oxygen atoms in total. The lowest BCUT2D eigenvalue weighted by Crippen LogP contribution is -2.31. The first kappa shape index (κ1) is 24.7. The van der Waals surface area contributed by atoms with Gasteiger partial charge in [-0.2, -0.15) is 0 Å². The molecular formula is C29H23ClN2O4S. The smallest absolute Gasteiger partial charge is 0.259 e. The molecular weight excluding hydrogens is 508 g/mol. The number of benzene rings is 4. The zero-order valence-electron chi connectivity index (χ0n) is 19.9. The third-order valence-corrected chi connectivity index (χ3v) is 8.47. The highest BCUT2D eigenvalue weighted by molar-refractivity contribution is 7.91. The number of nitrogens with one attached hydrogen (secondary N) is 1. The highest BCUT2D eigenvalue weighted by Gasteiger charge is 2.36. The summed E-state index contributed by atoms with van der Waals surface area (Å²) in [5, 5.41) is 3.50. The van der Waals surface area contributed by atoms with Gasteiger partial charge in [-0.1, -0.05) is 66.2 Å². The number of anilines is 1. The van der Waals surface area contributed by atoms with Crippen LogP contribution in [0.5, 0.6) is 0 Å². The molecule has 5 rings (SSSR count). The van der Waals surface area contributed by atoms with E-state index in [4.69, 9.17) is 11.6 Å². The summed E-state index contributed by atoms with van der Waals surface area (Å²) < 4.78 is 27.3. The molecule has 4 aromatic rings. The first-order valence-corrected chi connectivity index (χ1v) is 13.5. The van der Waals surface area contributed by atoms with Gasteiger partial charge in [-0.15, -0.1) is 0 Å². The lowest BCUT2D eigenvalue weighted by atomic mass is 10.1. The van der Waals surface area contributed by atoms with Crippen LogP contribution in [0.4, 0.5) is 5.69 Å². The Bertz CT molecular complexity index is 1600. The van der Waals surface area contributed by atoms with E-state index in [1.54, 1.807) is 36.4 Å². The third kappa shape index (κ3) is 4.75. The van der Waals surface area contributed by atoms with E-state index in [1.165, 1.54) is 35.2 Å². The van der Waals surface area contributed by atoms with Crippen molar-refractivity contribution in [1.29, 1.82) is 0 Å². The maximum absolute atomic E-state index is 13.7. The quantitative estimate of drug-likeness (QED) is 0.352. The number of rotatable bonds is 5. The van der Waals surface area contributed by atoms with Crippen LogP contribution in [0, 0.1) is 0 Å². The second-order valence-corrected chi connectivity index (χ2v) is 11.1. The second-order valence-electron chi connectivity index (χ2n) is 8.81. The maximum Gasteiger partial charge on any atom is 0.259 e. The van der Waals surface area contributed by atoms with Crippen LogP contribution in [-0.2, 0) is 16.4 Å². The first-order valence-electron chi connectivity index (χ1n) is 11.7. The highest BCUT2D eigenvalue weighted by atomic mass is 35.5. The number of carbonyl (C=O) groups is 2. The Morgan fingerprint density at radius 1 is 0.892 bits per heavy atom. The molecule has 0 fully saturated rings. The van der Waals surface area contributed by atoms with E-state index < -0.39 is 15.7 Å². The number of sulfone groups is 1. The summed E-state index contributed by atoms with van der Waals surface area (Å²) in [5.41, 5.74) is 2.17. The predicted octanol–water partition coefficient (Wildman–Crippen LogP) is 5.82. The molecule has 0 saturated heterocycles. The van der Waals surface area contributed by atoms with Crippen molar-refractivity contribution in [3.63, 3.8) is 0 Å². The summed E-state index contributed by atoms with van der Waals surface area (Å²) in [4.78, 5) is 28.2. The van der Waals surface area contributed by atoms with Gasteiger partial charge in [-0.25, -0.2) is 8.42 Å². The van der Waals surface area contributed by atoms with Crippen molar-refractivity contribution in [3.8, 4) is 0 Å². The number of carbonyl (C=O) groups excluding carboxylic acids is 2. The number of amides is 2. The Labute approximate surface area is 220 Å². The molecule has 0 aromatic heterocycles. The fraction of sp³-hybridized carbons (Fsp3) is 0.103. The van der Waals surface area contributed by atoms with Gasteiger partial charge in [0.05, 0.1) is 33.6 Å². The normalized spacial score (nSPS) is 14.8. The average molecular weight is 531 g/mol. The van der Waals surface area contributed by atoms with E-state index in [1.807, 2.05) is 37.3 Å². The van der Waals surface area contributed by atoms with Crippen molar-refractivity contribution in [1.82, 2.24) is 5.32 Å². The molecule has 0 aliphatic carbocycles. The summed E-state index contributed by atoms with van der Waals surface area (Å²) in [6.45, 7) is 1.96. The Balaban J connectivity index is 1.60. The SMILES string of the molecule is C[C@@H](NC(=O)c1ccc2c(c1)N(Cc1ccc(Cl)cc1)C(=O)c1ccccc1S2(=O)=O)c1ccccc1. The third-order valence-electron chi connectivity index (χ3n) is 6.35. The second kappa shape index (κ2) is 9.84. The van der Waals surface area contributed by atoms with Crippen LogP contribution in [0.1, 0.15) is 44.8 Å². The van der Waals surface area contributed by atoms with Crippen LogP contribution < -0.4 is 10.2 Å². The maximum atomic E-state index is 13.7. The van der Waals surface area contributed by atoms with Gasteiger partial charge in [0.15, 0.2) is 0 Å². The van der Waals surface area contributed by atoms with Crippen molar-refractivity contribution >= 4 is 38.9 Å². The van der Waals surface area contributed by atoms with Gasteiger partial charge in [0.1, 0.15) is 0 Å². The van der Waals surface area contributed by atoms with E-state index in [0.29, 0.717) is 5.02 Å². The Morgan fingerprint density at radius 3 is 2.30 bits per heavy atom. The summed E-state index contributed by atoms with van der Waals surface area (Å²) in [6, 6.07) is 26.7. The molecule has 0 spiro atoms. The number of fused-ring (bicyclic) bond motifs is 2. The van der Waals surface area contributed by atoms with Crippen molar-refractivity contribution in [2.75, 3.05) is 4.90 Å². The molecule has 0 unspecified atom stereocenters. The molecule has 1 atom stereocenters. The molecule has 1 aliphatic heterocycles. The van der Waals surface area contributed by atoms with Crippen LogP contribution in [0.3, 0.4) is 0 Å². The molecule has 0 radical (unpaired) electrons. The number of hydrogen-bond donors (Lipinski definition) is 1. The van der Waals surface area contributed by atoms with Gasteiger partial charge in [-0.05, 0) is 60.5 Å². The van der Waals surface area contributed by atoms with E-state index >= 15 is 0 Å². The molecule has 0 bridgehead atoms. The van der Waals surface area contributed by atoms with Crippen LogP contribution in [0.2, 0.25) is 5.02 Å². The van der Waals surface area contributed by atoms with Crippen LogP contribution >= 0.6 is 11.6 Å². The number of nitrogens with zero attached hydrogens (tertiary/aromatic N) is 1. The zero-order valence-corrected chi connectivity index (χ0v) is 21.5. The van der Waals surface area contributed by atoms with Crippen molar-refractivity contribution in [2.45, 2.75) is 29.3 Å². The van der Waals surface area contributed by atoms with Crippen molar-refractivity contribution in [3.05, 3.63) is 124 Å². The Morgan fingerprint density at radius 2 is 1.57 bits per heavy atom. The lowest BCUT2D eigenvalue weighted by molar-refractivity contribution is 0.0937. The average Bonchev–Trinajstić information content (AvgIpc) is 2.98. The molecule has 1 N–H and O–H groups in total. The first-order chi connectivity index (χ1) is 17.8. The summed E-state index contributed by atoms with van der Waals surface area (Å²) in [6.07, 6.45) is 0. The molecule has 8 heteroatoms. The van der Waals surface area contributed by atoms with Crippen LogP contribution in [0.15, 0.2) is 107 Å². The van der Waals surface area contributed by atoms with E-state index in [0.717, 1.165) is 11.1 Å². The number of hydrogen-bond acceptors (Lipinski definition) is 4. The minimum absolute atomic E-state index is 0.0348. The van der Waals surface area contributed by atoms with Crippen molar-refractivity contribution < 1.29 is 18.0 Å². The highest BCUT2D eigenvalue weighted by Crippen LogP contribution is 2.38. The van der Waals surface area contributed by atoms with Gasteiger partial charge in [0, 0.05) is 10.6 Å². The molecule has 0 saturated carbocycles. The molecule has 2 amide bonds. The summed E-state index contributed by atoms with van der Waals surface area (Å²) in [7, 11) is -4.03. The molecule has 4 aromatic carbocycles. The minimum Gasteiger partial charge on any atom is -0.346 e. The number of halogens is 1. The van der Waals surface area contributed by atoms with Gasteiger partial charge in [0.2, 0.25) is 9.84 Å². The van der Waals surface area contributed by atoms with Crippen LogP contribution in [-0.4, -0.2) is 20.2 Å². The zero-order chi connectivity index (χ0) is 26.2. The molecule has 1 aliphatic rings. The summed E-state index contributed by atoms with van der Waals surface area (Å²) in [5.74, 6) is -0.847. The van der Waals surface area contributed by atoms with E-state index in [9.17, 15) is 18.0 Å². The molecule has 37 heavy (non-hydrogen) atoms. The lowest BCUT2D eigenvalue weighted by Gasteiger charge is -2.24. The molecule has 1 heterocycles. The minimum atomic E-state index is -4.03. The standard InChI is InChI=1S/C29H23ClN2O4S/c1-19(21-7-3-2-4-8-21)31-28(33)22-13-16-27-25(17-22)32(18-20-11-14-23(30)15-12-20)29(34)24-9-5-6-10-26(24)37(27,35)36/h2-17,19H,18H2,1H3,(H,31,33)/t19-/m1/s1. The Kier molecular flexibility index (Phi) is 6.58. The Hall–Kier alpha value is -3.94. The van der Waals surface area contributed by atoms with E-state index in [-0.39, 0.29) is 45.1 Å².